The molecule has 0 bridgehead atoms. The normalized spacial score (nSPS) is 11.9. The fourth-order valence-corrected chi connectivity index (χ4v) is 1.94. The third-order valence-electron chi connectivity index (χ3n) is 2.64. The minimum Gasteiger partial charge on any atom is -0.428 e. The Morgan fingerprint density at radius 2 is 1.08 bits per heavy atom. The fraction of sp³-hybridized carbons (Fsp3) is 0.889. The van der Waals surface area contributed by atoms with Crippen molar-refractivity contribution >= 4 is 12.3 Å². The number of nitrogens with zero attached hydrogens (tertiary/aromatic N) is 1. The van der Waals surface area contributed by atoms with Crippen LogP contribution in [0, 0.1) is 0 Å². The highest BCUT2D eigenvalue weighted by Gasteiger charge is 2.24. The molecule has 0 aromatic heterocycles. The molecule has 0 N–H and O–H groups in total. The highest BCUT2D eigenvalue weighted by molar-refractivity contribution is 5.77. The lowest BCUT2D eigenvalue weighted by atomic mass is 10.2. The Bertz CT molecular complexity index is 344. The third-order valence-corrected chi connectivity index (χ3v) is 2.64. The molecule has 24 heavy (non-hydrogen) atoms. The summed E-state index contributed by atoms with van der Waals surface area (Å²) in [5, 5.41) is 0. The average molecular weight is 347 g/mol. The van der Waals surface area contributed by atoms with Crippen LogP contribution in [0.5, 0.6) is 0 Å². The quantitative estimate of drug-likeness (QED) is 0.529. The molecule has 0 fully saturated rings. The first-order valence-corrected chi connectivity index (χ1v) is 8.48. The molecule has 0 aliphatic carbocycles. The maximum atomic E-state index is 11.0. The number of carbonyl (C=O) groups excluding carboxylic acids is 2. The molecule has 0 saturated heterocycles. The van der Waals surface area contributed by atoms with Gasteiger partial charge < -0.3 is 14.2 Å². The molecule has 144 valence electrons. The molecule has 0 aromatic rings. The zero-order valence-corrected chi connectivity index (χ0v) is 17.4. The Hall–Kier alpha value is -1.30. The first kappa shape index (κ1) is 24.9. The topological polar surface area (TPSA) is 65.1 Å². The summed E-state index contributed by atoms with van der Waals surface area (Å²) in [5.74, 6) is 0. The molecule has 0 rings (SSSR count). The predicted molar refractivity (Wildman–Crippen MR) is 96.2 cm³/mol. The van der Waals surface area contributed by atoms with Crippen LogP contribution in [0.3, 0.4) is 0 Å². The maximum absolute atomic E-state index is 11.0. The molecule has 0 amide bonds. The Labute approximate surface area is 147 Å². The monoisotopic (exact) mass is 347 g/mol. The average Bonchev–Trinajstić information content (AvgIpc) is 2.22. The van der Waals surface area contributed by atoms with Crippen molar-refractivity contribution in [2.45, 2.75) is 99.4 Å². The lowest BCUT2D eigenvalue weighted by molar-refractivity contribution is -0.0293. The number of hydrogen-bond acceptors (Lipinski definition) is 6. The molecular formula is C18H37NO5. The first-order chi connectivity index (χ1) is 10.6. The highest BCUT2D eigenvalue weighted by Crippen LogP contribution is 2.11. The van der Waals surface area contributed by atoms with Gasteiger partial charge in [-0.2, -0.15) is 0 Å². The number of carbonyl (C=O) groups is 2. The molecule has 0 radical (unpaired) electrons. The van der Waals surface area contributed by atoms with E-state index in [-0.39, 0.29) is 0 Å². The smallest absolute Gasteiger partial charge is 0.428 e. The van der Waals surface area contributed by atoms with Crippen LogP contribution in [-0.2, 0) is 14.2 Å². The van der Waals surface area contributed by atoms with Crippen LogP contribution in [0.4, 0.5) is 9.59 Å². The second kappa shape index (κ2) is 10.5. The van der Waals surface area contributed by atoms with Gasteiger partial charge in [-0.1, -0.05) is 6.92 Å². The second-order valence-corrected chi connectivity index (χ2v) is 8.05. The van der Waals surface area contributed by atoms with Crippen molar-refractivity contribution in [2.24, 2.45) is 0 Å². The molecule has 0 aromatic carbocycles. The van der Waals surface area contributed by atoms with Crippen LogP contribution in [-0.4, -0.2) is 47.0 Å². The van der Waals surface area contributed by atoms with Gasteiger partial charge in [0.1, 0.15) is 11.2 Å². The summed E-state index contributed by atoms with van der Waals surface area (Å²) >= 11 is 0. The maximum Gasteiger partial charge on any atom is 0.519 e. The van der Waals surface area contributed by atoms with Gasteiger partial charge in [0.25, 0.3) is 0 Å². The van der Waals surface area contributed by atoms with Gasteiger partial charge in [0.2, 0.25) is 0 Å². The van der Waals surface area contributed by atoms with Crippen molar-refractivity contribution in [3.8, 4) is 0 Å². The summed E-state index contributed by atoms with van der Waals surface area (Å²) in [6.07, 6.45) is -2.12. The molecule has 6 nitrogen and oxygen atoms in total. The summed E-state index contributed by atoms with van der Waals surface area (Å²) < 4.78 is 13.8. The van der Waals surface area contributed by atoms with Gasteiger partial charge in [0.05, 0.1) is 0 Å². The van der Waals surface area contributed by atoms with E-state index in [1.54, 1.807) is 41.5 Å². The van der Waals surface area contributed by atoms with Crippen molar-refractivity contribution < 1.29 is 23.8 Å². The summed E-state index contributed by atoms with van der Waals surface area (Å²) in [7, 11) is 0. The number of rotatable bonds is 3. The van der Waals surface area contributed by atoms with Crippen LogP contribution in [0.25, 0.3) is 0 Å². The van der Waals surface area contributed by atoms with E-state index in [1.165, 1.54) is 0 Å². The molecule has 0 aliphatic heterocycles. The summed E-state index contributed by atoms with van der Waals surface area (Å²) in [5.41, 5.74) is -1.39. The number of ether oxygens (including phenoxy) is 3. The Morgan fingerprint density at radius 3 is 1.21 bits per heavy atom. The van der Waals surface area contributed by atoms with E-state index in [4.69, 9.17) is 9.47 Å². The van der Waals surface area contributed by atoms with Crippen LogP contribution in [0.15, 0.2) is 0 Å². The zero-order valence-electron chi connectivity index (χ0n) is 17.4. The van der Waals surface area contributed by atoms with E-state index in [1.807, 2.05) is 0 Å². The van der Waals surface area contributed by atoms with E-state index < -0.39 is 23.5 Å². The van der Waals surface area contributed by atoms with Gasteiger partial charge in [-0.25, -0.2) is 9.59 Å². The standard InChI is InChI=1S/C10H18O5.C8H19N/c1-9(2,3)14-7(11)13-8(12)15-10(4,5)6;1-6-9(7(2)3)8(4)5/h1-6H3;7-8H,6H2,1-5H3. The van der Waals surface area contributed by atoms with Crippen LogP contribution < -0.4 is 0 Å². The van der Waals surface area contributed by atoms with Gasteiger partial charge in [0, 0.05) is 12.1 Å². The van der Waals surface area contributed by atoms with E-state index >= 15 is 0 Å². The second-order valence-electron chi connectivity index (χ2n) is 8.05. The molecule has 0 saturated carbocycles. The van der Waals surface area contributed by atoms with Crippen LogP contribution >= 0.6 is 0 Å². The van der Waals surface area contributed by atoms with Crippen molar-refractivity contribution in [2.75, 3.05) is 6.54 Å². The Balaban J connectivity index is 0. The summed E-state index contributed by atoms with van der Waals surface area (Å²) in [4.78, 5) is 24.5. The van der Waals surface area contributed by atoms with Gasteiger partial charge in [-0.15, -0.1) is 0 Å². The van der Waals surface area contributed by atoms with Gasteiger partial charge in [-0.05, 0) is 75.8 Å². The zero-order chi connectivity index (χ0) is 19.7. The van der Waals surface area contributed by atoms with Gasteiger partial charge >= 0.3 is 12.3 Å². The van der Waals surface area contributed by atoms with Crippen LogP contribution in [0.1, 0.15) is 76.2 Å². The molecular weight excluding hydrogens is 310 g/mol. The van der Waals surface area contributed by atoms with Crippen molar-refractivity contribution in [1.82, 2.24) is 4.90 Å². The lowest BCUT2D eigenvalue weighted by Gasteiger charge is -2.28. The van der Waals surface area contributed by atoms with Gasteiger partial charge in [0.15, 0.2) is 0 Å². The molecule has 0 aliphatic rings. The third kappa shape index (κ3) is 15.6. The molecule has 0 spiro atoms. The minimum atomic E-state index is -1.06. The Morgan fingerprint density at radius 1 is 0.792 bits per heavy atom. The Kier molecular flexibility index (Phi) is 11.0. The number of hydrogen-bond donors (Lipinski definition) is 0. The minimum absolute atomic E-state index is 0.690. The molecule has 0 atom stereocenters. The van der Waals surface area contributed by atoms with Crippen molar-refractivity contribution in [3.05, 3.63) is 0 Å². The molecule has 6 heteroatoms. The lowest BCUT2D eigenvalue weighted by Crippen LogP contribution is -2.36. The van der Waals surface area contributed by atoms with Crippen LogP contribution in [0.2, 0.25) is 0 Å². The van der Waals surface area contributed by atoms with Gasteiger partial charge in [-0.3, -0.25) is 4.90 Å². The summed E-state index contributed by atoms with van der Waals surface area (Å²) in [6, 6.07) is 1.38. The van der Waals surface area contributed by atoms with E-state index in [9.17, 15) is 9.59 Å². The SMILES string of the molecule is CC(C)(C)OC(=O)OC(=O)OC(C)(C)C.CCN(C(C)C)C(C)C. The first-order valence-electron chi connectivity index (χ1n) is 8.48. The molecule has 0 unspecified atom stereocenters. The predicted octanol–water partition coefficient (Wildman–Crippen LogP) is 5.00. The fourth-order valence-electron chi connectivity index (χ4n) is 1.94. The van der Waals surface area contributed by atoms with Crippen molar-refractivity contribution in [3.63, 3.8) is 0 Å². The van der Waals surface area contributed by atoms with E-state index in [2.05, 4.69) is 44.3 Å². The summed E-state index contributed by atoms with van der Waals surface area (Å²) in [6.45, 7) is 22.3. The highest BCUT2D eigenvalue weighted by atomic mass is 16.8. The van der Waals surface area contributed by atoms with E-state index in [0.29, 0.717) is 12.1 Å². The molecule has 0 heterocycles. The van der Waals surface area contributed by atoms with Crippen molar-refractivity contribution in [1.29, 1.82) is 0 Å². The van der Waals surface area contributed by atoms with E-state index in [0.717, 1.165) is 6.54 Å². The largest absolute Gasteiger partial charge is 0.519 e.